The largest absolute Gasteiger partial charge is 0.393 e. The number of aryl methyl sites for hydroxylation is 1. The molecule has 0 bridgehead atoms. The summed E-state index contributed by atoms with van der Waals surface area (Å²) in [6, 6.07) is 5.75. The monoisotopic (exact) mass is 593 g/mol. The number of carbonyl (C=O) groups is 1. The number of piperidine rings is 1. The maximum Gasteiger partial charge on any atom is 0.239 e. The van der Waals surface area contributed by atoms with Crippen LogP contribution in [-0.2, 0) is 20.0 Å². The first-order chi connectivity index (χ1) is 20.0. The van der Waals surface area contributed by atoms with Crippen molar-refractivity contribution in [1.29, 1.82) is 0 Å². The summed E-state index contributed by atoms with van der Waals surface area (Å²) in [5, 5.41) is 13.3. The third-order valence-corrected chi connectivity index (χ3v) is 13.1. The summed E-state index contributed by atoms with van der Waals surface area (Å²) >= 11 is 0. The van der Waals surface area contributed by atoms with Gasteiger partial charge in [-0.15, -0.1) is 0 Å². The number of fused-ring (bicyclic) bond motifs is 2. The Hall–Kier alpha value is -2.56. The summed E-state index contributed by atoms with van der Waals surface area (Å²) in [6.07, 6.45) is 9.81. The third-order valence-electron chi connectivity index (χ3n) is 11.0. The predicted molar refractivity (Wildman–Crippen MR) is 162 cm³/mol. The molecule has 5 aliphatic rings. The second kappa shape index (κ2) is 9.99. The first kappa shape index (κ1) is 28.2. The zero-order valence-corrected chi connectivity index (χ0v) is 25.8. The molecule has 42 heavy (non-hydrogen) atoms. The van der Waals surface area contributed by atoms with Gasteiger partial charge in [-0.25, -0.2) is 13.4 Å². The molecule has 2 atom stereocenters. The van der Waals surface area contributed by atoms with Crippen LogP contribution in [0.15, 0.2) is 29.3 Å². The Balaban J connectivity index is 1.07. The highest BCUT2D eigenvalue weighted by atomic mass is 32.2. The van der Waals surface area contributed by atoms with E-state index in [1.165, 1.54) is 0 Å². The molecule has 0 unspecified atom stereocenters. The minimum Gasteiger partial charge on any atom is -0.393 e. The van der Waals surface area contributed by atoms with Crippen LogP contribution in [0.2, 0.25) is 0 Å². The fourth-order valence-corrected chi connectivity index (χ4v) is 10.2. The van der Waals surface area contributed by atoms with Crippen molar-refractivity contribution in [3.8, 4) is 0 Å². The van der Waals surface area contributed by atoms with Crippen LogP contribution in [0.4, 0.5) is 17.5 Å². The highest BCUT2D eigenvalue weighted by molar-refractivity contribution is 7.92. The quantitative estimate of drug-likeness (QED) is 0.498. The van der Waals surface area contributed by atoms with E-state index in [1.54, 1.807) is 24.4 Å². The standard InChI is InChI=1S/C32H43N5O4S/c1-20(2)36-13-11-31(12-14-36)17-25(18-31)42(40,41)24-7-8-27(21(3)15-24)34-30-33-19-26-28(35-30)37(29(39)32(26)9-10-32)22-5-4-6-23(38)16-22/h7-8,15,19-20,22-23,25,38H,4-6,9-14,16-18H2,1-3H3,(H,33,34,35)/t22-,23-/m1/s1. The van der Waals surface area contributed by atoms with E-state index in [2.05, 4.69) is 29.0 Å². The predicted octanol–water partition coefficient (Wildman–Crippen LogP) is 4.64. The third kappa shape index (κ3) is 4.56. The second-order valence-electron chi connectivity index (χ2n) is 14.0. The van der Waals surface area contributed by atoms with Gasteiger partial charge in [0.25, 0.3) is 0 Å². The molecule has 2 N–H and O–H groups in total. The topological polar surface area (TPSA) is 116 Å². The van der Waals surface area contributed by atoms with E-state index in [4.69, 9.17) is 4.98 Å². The van der Waals surface area contributed by atoms with Crippen molar-refractivity contribution in [2.24, 2.45) is 5.41 Å². The molecule has 226 valence electrons. The highest BCUT2D eigenvalue weighted by Gasteiger charge is 2.61. The van der Waals surface area contributed by atoms with Crippen LogP contribution in [0.1, 0.15) is 89.2 Å². The van der Waals surface area contributed by atoms with Crippen molar-refractivity contribution in [3.05, 3.63) is 35.5 Å². The summed E-state index contributed by atoms with van der Waals surface area (Å²) in [5.74, 6) is 1.13. The van der Waals surface area contributed by atoms with Crippen molar-refractivity contribution >= 4 is 33.2 Å². The van der Waals surface area contributed by atoms with E-state index in [0.29, 0.717) is 29.1 Å². The maximum atomic E-state index is 13.6. The first-order valence-electron chi connectivity index (χ1n) is 15.8. The van der Waals surface area contributed by atoms with Crippen LogP contribution in [0.5, 0.6) is 0 Å². The first-order valence-corrected chi connectivity index (χ1v) is 17.3. The number of sulfone groups is 1. The molecule has 2 spiro atoms. The molecular weight excluding hydrogens is 550 g/mol. The van der Waals surface area contributed by atoms with Crippen molar-refractivity contribution in [2.75, 3.05) is 23.3 Å². The SMILES string of the molecule is Cc1cc(S(=O)(=O)C2CC3(CCN(C(C)C)CC3)C2)ccc1Nc1ncc2c(n1)N([C@@H]1CCC[C@@H](O)C1)C(=O)C21CC1. The van der Waals surface area contributed by atoms with Crippen LogP contribution in [0, 0.1) is 12.3 Å². The molecule has 7 rings (SSSR count). The van der Waals surface area contributed by atoms with Gasteiger partial charge in [0.1, 0.15) is 5.82 Å². The van der Waals surface area contributed by atoms with E-state index in [9.17, 15) is 18.3 Å². The van der Waals surface area contributed by atoms with Gasteiger partial charge in [-0.2, -0.15) is 4.98 Å². The van der Waals surface area contributed by atoms with E-state index in [-0.39, 0.29) is 22.6 Å². The van der Waals surface area contributed by atoms with Gasteiger partial charge < -0.3 is 15.3 Å². The fourth-order valence-electron chi connectivity index (χ4n) is 8.03. The Labute approximate surface area is 249 Å². The summed E-state index contributed by atoms with van der Waals surface area (Å²) in [6.45, 7) is 8.48. The number of amides is 1. The van der Waals surface area contributed by atoms with Gasteiger partial charge in [0, 0.05) is 29.5 Å². The molecule has 3 saturated carbocycles. The molecule has 1 aromatic carbocycles. The van der Waals surface area contributed by atoms with E-state index >= 15 is 0 Å². The highest BCUT2D eigenvalue weighted by Crippen LogP contribution is 2.58. The number of likely N-dealkylation sites (tertiary alicyclic amines) is 1. The van der Waals surface area contributed by atoms with E-state index in [1.807, 2.05) is 11.8 Å². The minimum absolute atomic E-state index is 0.0534. The van der Waals surface area contributed by atoms with Crippen LogP contribution < -0.4 is 10.2 Å². The number of carbonyl (C=O) groups excluding carboxylic acids is 1. The minimum atomic E-state index is -3.40. The number of nitrogens with one attached hydrogen (secondary N) is 1. The molecule has 3 heterocycles. The van der Waals surface area contributed by atoms with Crippen molar-refractivity contribution in [3.63, 3.8) is 0 Å². The Morgan fingerprint density at radius 1 is 1.10 bits per heavy atom. The van der Waals surface area contributed by atoms with Gasteiger partial charge in [-0.1, -0.05) is 0 Å². The number of nitrogens with zero attached hydrogens (tertiary/aromatic N) is 4. The van der Waals surface area contributed by atoms with Crippen molar-refractivity contribution in [2.45, 2.75) is 119 Å². The second-order valence-corrected chi connectivity index (χ2v) is 16.2. The summed E-state index contributed by atoms with van der Waals surface area (Å²) in [5.41, 5.74) is 2.14. The summed E-state index contributed by atoms with van der Waals surface area (Å²) in [7, 11) is -3.40. The number of benzene rings is 1. The number of aromatic nitrogens is 2. The molecule has 3 aliphatic carbocycles. The van der Waals surface area contributed by atoms with Crippen molar-refractivity contribution < 1.29 is 18.3 Å². The zero-order chi connectivity index (χ0) is 29.4. The number of rotatable bonds is 6. The molecule has 4 fully saturated rings. The normalized spacial score (nSPS) is 27.0. The number of aliphatic hydroxyl groups is 1. The molecule has 1 aromatic heterocycles. The average Bonchev–Trinajstić information content (AvgIpc) is 3.71. The lowest BCUT2D eigenvalue weighted by atomic mass is 9.63. The Bertz CT molecular complexity index is 1500. The molecule has 9 nitrogen and oxygen atoms in total. The van der Waals surface area contributed by atoms with Gasteiger partial charge in [0.05, 0.1) is 21.7 Å². The van der Waals surface area contributed by atoms with E-state index < -0.39 is 21.4 Å². The van der Waals surface area contributed by atoms with E-state index in [0.717, 1.165) is 87.7 Å². The van der Waals surface area contributed by atoms with Gasteiger partial charge in [-0.3, -0.25) is 9.69 Å². The number of hydrogen-bond donors (Lipinski definition) is 2. The van der Waals surface area contributed by atoms with Crippen LogP contribution in [0.25, 0.3) is 0 Å². The van der Waals surface area contributed by atoms with Gasteiger partial charge in [0.2, 0.25) is 11.9 Å². The fraction of sp³-hybridized carbons (Fsp3) is 0.656. The molecule has 1 saturated heterocycles. The van der Waals surface area contributed by atoms with Gasteiger partial charge in [0.15, 0.2) is 9.84 Å². The van der Waals surface area contributed by atoms with Gasteiger partial charge in [-0.05, 0) is 127 Å². The molecule has 2 aliphatic heterocycles. The lowest BCUT2D eigenvalue weighted by molar-refractivity contribution is -0.121. The van der Waals surface area contributed by atoms with Crippen LogP contribution in [0.3, 0.4) is 0 Å². The Morgan fingerprint density at radius 2 is 1.83 bits per heavy atom. The Kier molecular flexibility index (Phi) is 6.71. The summed E-state index contributed by atoms with van der Waals surface area (Å²) < 4.78 is 27.1. The Morgan fingerprint density at radius 3 is 2.48 bits per heavy atom. The number of aliphatic hydroxyl groups excluding tert-OH is 1. The molecule has 2 aromatic rings. The number of hydrogen-bond acceptors (Lipinski definition) is 8. The average molecular weight is 594 g/mol. The van der Waals surface area contributed by atoms with Gasteiger partial charge >= 0.3 is 0 Å². The van der Waals surface area contributed by atoms with Crippen molar-refractivity contribution in [1.82, 2.24) is 14.9 Å². The molecule has 0 radical (unpaired) electrons. The molecule has 10 heteroatoms. The smallest absolute Gasteiger partial charge is 0.239 e. The molecule has 1 amide bonds. The zero-order valence-electron chi connectivity index (χ0n) is 25.0. The molecular formula is C32H43N5O4S. The summed E-state index contributed by atoms with van der Waals surface area (Å²) in [4.78, 5) is 27.6. The lowest BCUT2D eigenvalue weighted by Gasteiger charge is -2.52. The van der Waals surface area contributed by atoms with Crippen LogP contribution >= 0.6 is 0 Å². The maximum absolute atomic E-state index is 13.6. The number of anilines is 3. The van der Waals surface area contributed by atoms with Crippen LogP contribution in [-0.4, -0.2) is 70.8 Å². The lowest BCUT2D eigenvalue weighted by Crippen LogP contribution is -2.52.